The highest BCUT2D eigenvalue weighted by atomic mass is 32.4. The molecule has 4 heteroatoms. The Morgan fingerprint density at radius 3 is 1.96 bits per heavy atom. The molecule has 3 rings (SSSR count). The summed E-state index contributed by atoms with van der Waals surface area (Å²) < 4.78 is 5.89. The van der Waals surface area contributed by atoms with Crippen LogP contribution in [-0.2, 0) is 16.5 Å². The van der Waals surface area contributed by atoms with Gasteiger partial charge in [-0.15, -0.1) is 0 Å². The van der Waals surface area contributed by atoms with E-state index in [0.717, 1.165) is 12.3 Å². The van der Waals surface area contributed by atoms with Crippen molar-refractivity contribution in [3.05, 3.63) is 60.7 Å². The van der Waals surface area contributed by atoms with Gasteiger partial charge >= 0.3 is 0 Å². The molecule has 2 aromatic rings. The maximum atomic E-state index is 6.37. The third-order valence-electron chi connectivity index (χ3n) is 4.87. The minimum atomic E-state index is -1.94. The van der Waals surface area contributed by atoms with Gasteiger partial charge in [0, 0.05) is 18.1 Å². The molecular weight excluding hydrogens is 345 g/mol. The average Bonchev–Trinajstić information content (AvgIpc) is 3.11. The highest BCUT2D eigenvalue weighted by Crippen LogP contribution is 2.50. The minimum Gasteiger partial charge on any atom is -0.479 e. The van der Waals surface area contributed by atoms with Crippen LogP contribution in [-0.4, -0.2) is 24.2 Å². The summed E-state index contributed by atoms with van der Waals surface area (Å²) in [6.45, 7) is 7.36. The van der Waals surface area contributed by atoms with Gasteiger partial charge in [-0.2, -0.15) is 0 Å². The first-order valence-electron chi connectivity index (χ1n) is 8.92. The van der Waals surface area contributed by atoms with E-state index in [9.17, 15) is 0 Å². The van der Waals surface area contributed by atoms with Crippen LogP contribution in [0.15, 0.2) is 65.7 Å². The first-order chi connectivity index (χ1) is 12.0. The molecule has 2 aromatic carbocycles. The second-order valence-corrected chi connectivity index (χ2v) is 12.0. The summed E-state index contributed by atoms with van der Waals surface area (Å²) in [4.78, 5) is 4.79. The normalized spacial score (nSPS) is 18.7. The Balaban J connectivity index is 1.93. The number of nitrogens with zero attached hydrogens (tertiary/aromatic N) is 1. The van der Waals surface area contributed by atoms with Crippen LogP contribution in [0.3, 0.4) is 0 Å². The van der Waals surface area contributed by atoms with Gasteiger partial charge in [0.2, 0.25) is 0 Å². The lowest BCUT2D eigenvalue weighted by molar-refractivity contribution is 0.286. The fourth-order valence-corrected chi connectivity index (χ4v) is 7.15. The fourth-order valence-electron chi connectivity index (χ4n) is 3.23. The summed E-state index contributed by atoms with van der Waals surface area (Å²) >= 11 is 6.37. The molecule has 0 saturated carbocycles. The van der Waals surface area contributed by atoms with Crippen molar-refractivity contribution in [3.8, 4) is 0 Å². The molecule has 0 fully saturated rings. The van der Waals surface area contributed by atoms with Crippen molar-refractivity contribution >= 4 is 34.4 Å². The lowest BCUT2D eigenvalue weighted by atomic mass is 10.1. The van der Waals surface area contributed by atoms with Crippen LogP contribution in [0.5, 0.6) is 0 Å². The first-order valence-corrected chi connectivity index (χ1v) is 11.8. The van der Waals surface area contributed by atoms with Crippen LogP contribution in [0.2, 0.25) is 0 Å². The van der Waals surface area contributed by atoms with Gasteiger partial charge in [0.25, 0.3) is 0 Å². The van der Waals surface area contributed by atoms with Crippen LogP contribution >= 0.6 is 6.04 Å². The van der Waals surface area contributed by atoms with E-state index in [4.69, 9.17) is 21.5 Å². The molecular formula is C21H26NOPS. The number of aliphatic imine (C=N–C) groups is 1. The monoisotopic (exact) mass is 371 g/mol. The Hall–Kier alpha value is -1.44. The smallest absolute Gasteiger partial charge is 0.184 e. The molecule has 25 heavy (non-hydrogen) atoms. The third-order valence-corrected chi connectivity index (χ3v) is 10.8. The summed E-state index contributed by atoms with van der Waals surface area (Å²) in [5.74, 6) is 1.39. The summed E-state index contributed by atoms with van der Waals surface area (Å²) in [5.41, 5.74) is 0.303. The molecule has 2 nitrogen and oxygen atoms in total. The zero-order valence-corrected chi connectivity index (χ0v) is 16.8. The van der Waals surface area contributed by atoms with Crippen LogP contribution in [0.25, 0.3) is 0 Å². The van der Waals surface area contributed by atoms with Crippen LogP contribution in [0, 0.1) is 5.92 Å². The molecule has 0 radical (unpaired) electrons. The first kappa shape index (κ1) is 18.4. The van der Waals surface area contributed by atoms with Gasteiger partial charge in [-0.05, 0) is 16.5 Å². The summed E-state index contributed by atoms with van der Waals surface area (Å²) in [6.07, 6.45) is 0.810. The predicted octanol–water partition coefficient (Wildman–Crippen LogP) is 4.35. The van der Waals surface area contributed by atoms with E-state index >= 15 is 0 Å². The van der Waals surface area contributed by atoms with Crippen LogP contribution < -0.4 is 10.6 Å². The molecule has 0 N–H and O–H groups in total. The van der Waals surface area contributed by atoms with Gasteiger partial charge in [-0.1, -0.05) is 93.2 Å². The Bertz CT molecular complexity index is 729. The summed E-state index contributed by atoms with van der Waals surface area (Å²) in [6, 6.07) is 19.5. The Morgan fingerprint density at radius 2 is 1.52 bits per heavy atom. The van der Waals surface area contributed by atoms with Crippen molar-refractivity contribution in [3.63, 3.8) is 0 Å². The van der Waals surface area contributed by atoms with E-state index in [1.54, 1.807) is 0 Å². The lowest BCUT2D eigenvalue weighted by Crippen LogP contribution is -2.25. The molecule has 0 unspecified atom stereocenters. The molecule has 1 heterocycles. The number of rotatable bonds is 6. The molecule has 1 aliphatic heterocycles. The van der Waals surface area contributed by atoms with Gasteiger partial charge in [0.15, 0.2) is 5.90 Å². The predicted molar refractivity (Wildman–Crippen MR) is 113 cm³/mol. The summed E-state index contributed by atoms with van der Waals surface area (Å²) in [5, 5.41) is 2.53. The molecule has 0 aliphatic carbocycles. The average molecular weight is 371 g/mol. The number of ether oxygens (including phenoxy) is 1. The van der Waals surface area contributed by atoms with Crippen LogP contribution in [0.1, 0.15) is 27.2 Å². The highest BCUT2D eigenvalue weighted by molar-refractivity contribution is 8.22. The quantitative estimate of drug-likeness (QED) is 0.704. The second-order valence-electron chi connectivity index (χ2n) is 7.03. The maximum Gasteiger partial charge on any atom is 0.184 e. The largest absolute Gasteiger partial charge is 0.479 e. The van der Waals surface area contributed by atoms with Gasteiger partial charge in [0.1, 0.15) is 6.61 Å². The van der Waals surface area contributed by atoms with Gasteiger partial charge in [-0.3, -0.25) is 0 Å². The summed E-state index contributed by atoms with van der Waals surface area (Å²) in [7, 11) is 0. The Labute approximate surface area is 156 Å². The third kappa shape index (κ3) is 3.88. The fraction of sp³-hybridized carbons (Fsp3) is 0.381. The van der Waals surface area contributed by atoms with Crippen molar-refractivity contribution in [2.24, 2.45) is 10.9 Å². The minimum absolute atomic E-state index is 0.286. The Morgan fingerprint density at radius 1 is 1.00 bits per heavy atom. The van der Waals surface area contributed by atoms with Crippen molar-refractivity contribution in [1.29, 1.82) is 0 Å². The maximum absolute atomic E-state index is 6.37. The van der Waals surface area contributed by atoms with E-state index in [-0.39, 0.29) is 6.04 Å². The van der Waals surface area contributed by atoms with E-state index in [1.165, 1.54) is 10.6 Å². The van der Waals surface area contributed by atoms with E-state index in [1.807, 2.05) is 0 Å². The molecule has 2 atom stereocenters. The standard InChI is InChI=1S/C21H26NOPS/c1-16(2)20-15-23-21(22-20)14-17(3)24(25,18-10-6-4-7-11-18)19-12-8-5-9-13-19/h4-13,16-17,20H,14-15H2,1-3H3/t17-,20-/m1/s1. The zero-order chi connectivity index (χ0) is 17.9. The number of hydrogen-bond donors (Lipinski definition) is 0. The molecule has 0 saturated heterocycles. The Kier molecular flexibility index (Phi) is 5.76. The topological polar surface area (TPSA) is 21.6 Å². The van der Waals surface area contributed by atoms with E-state index < -0.39 is 6.04 Å². The zero-order valence-electron chi connectivity index (χ0n) is 15.1. The second kappa shape index (κ2) is 7.85. The molecule has 0 aromatic heterocycles. The van der Waals surface area contributed by atoms with Crippen molar-refractivity contribution < 1.29 is 4.74 Å². The highest BCUT2D eigenvalue weighted by Gasteiger charge is 2.32. The molecule has 0 bridgehead atoms. The van der Waals surface area contributed by atoms with Crippen molar-refractivity contribution in [2.45, 2.75) is 38.9 Å². The lowest BCUT2D eigenvalue weighted by Gasteiger charge is -2.29. The molecule has 0 amide bonds. The van der Waals surface area contributed by atoms with Crippen molar-refractivity contribution in [2.75, 3.05) is 6.61 Å². The van der Waals surface area contributed by atoms with Gasteiger partial charge in [0.05, 0.1) is 6.04 Å². The van der Waals surface area contributed by atoms with Crippen LogP contribution in [0.4, 0.5) is 0 Å². The van der Waals surface area contributed by atoms with E-state index in [2.05, 4.69) is 81.4 Å². The van der Waals surface area contributed by atoms with Crippen molar-refractivity contribution in [1.82, 2.24) is 0 Å². The SMILES string of the molecule is CC(C)[C@H]1COC(C[C@@H](C)P(=S)(c2ccccc2)c2ccccc2)=N1. The van der Waals surface area contributed by atoms with Gasteiger partial charge in [-0.25, -0.2) is 4.99 Å². The number of hydrogen-bond acceptors (Lipinski definition) is 3. The molecule has 1 aliphatic rings. The molecule has 0 spiro atoms. The number of benzene rings is 2. The van der Waals surface area contributed by atoms with Gasteiger partial charge < -0.3 is 4.74 Å². The van der Waals surface area contributed by atoms with E-state index in [0.29, 0.717) is 18.2 Å². The molecule has 132 valence electrons.